The second kappa shape index (κ2) is 7.34. The zero-order valence-electron chi connectivity index (χ0n) is 13.4. The number of hydrogen-bond acceptors (Lipinski definition) is 5. The van der Waals surface area contributed by atoms with E-state index in [1.807, 2.05) is 0 Å². The zero-order chi connectivity index (χ0) is 19.5. The highest BCUT2D eigenvalue weighted by molar-refractivity contribution is 5.99. The van der Waals surface area contributed by atoms with Gasteiger partial charge in [-0.1, -0.05) is 18.2 Å². The Hall–Kier alpha value is -3.23. The first kappa shape index (κ1) is 19.1. The molecule has 2 aromatic rings. The number of nitrogens with zero attached hydrogens (tertiary/aromatic N) is 1. The average molecular weight is 367 g/mol. The third-order valence-corrected chi connectivity index (χ3v) is 3.49. The minimum Gasteiger partial charge on any atom is -0.454 e. The van der Waals surface area contributed by atoms with Crippen LogP contribution in [0.5, 0.6) is 0 Å². The molecule has 0 unspecified atom stereocenters. The lowest BCUT2D eigenvalue weighted by Gasteiger charge is -2.09. The van der Waals surface area contributed by atoms with Crippen LogP contribution in [-0.2, 0) is 10.9 Å². The number of nitro groups is 1. The quantitative estimate of drug-likeness (QED) is 0.345. The summed E-state index contributed by atoms with van der Waals surface area (Å²) in [5.74, 6) is -1.82. The molecule has 0 fully saturated rings. The van der Waals surface area contributed by atoms with Crippen molar-refractivity contribution in [3.05, 3.63) is 74.8 Å². The molecule has 0 N–H and O–H groups in total. The highest BCUT2D eigenvalue weighted by Crippen LogP contribution is 2.29. The van der Waals surface area contributed by atoms with Gasteiger partial charge in [0.15, 0.2) is 12.4 Å². The summed E-state index contributed by atoms with van der Waals surface area (Å²) in [6, 6.07) is 7.36. The summed E-state index contributed by atoms with van der Waals surface area (Å²) >= 11 is 0. The molecule has 0 bridgehead atoms. The second-order valence-corrected chi connectivity index (χ2v) is 5.34. The van der Waals surface area contributed by atoms with E-state index >= 15 is 0 Å². The van der Waals surface area contributed by atoms with E-state index in [1.165, 1.54) is 25.1 Å². The molecule has 26 heavy (non-hydrogen) atoms. The number of alkyl halides is 3. The number of esters is 1. The van der Waals surface area contributed by atoms with E-state index < -0.39 is 35.0 Å². The molecule has 0 spiro atoms. The molecular formula is C17H12F3NO5. The van der Waals surface area contributed by atoms with Gasteiger partial charge in [-0.25, -0.2) is 4.79 Å². The van der Waals surface area contributed by atoms with E-state index in [9.17, 15) is 32.9 Å². The monoisotopic (exact) mass is 367 g/mol. The smallest absolute Gasteiger partial charge is 0.416 e. The number of hydrogen-bond donors (Lipinski definition) is 0. The molecule has 0 atom stereocenters. The Balaban J connectivity index is 2.09. The molecule has 0 aliphatic heterocycles. The van der Waals surface area contributed by atoms with Gasteiger partial charge in [0, 0.05) is 17.2 Å². The van der Waals surface area contributed by atoms with Crippen LogP contribution in [0, 0.1) is 17.0 Å². The lowest BCUT2D eigenvalue weighted by atomic mass is 10.1. The molecule has 0 aliphatic carbocycles. The molecule has 136 valence electrons. The topological polar surface area (TPSA) is 86.5 Å². The van der Waals surface area contributed by atoms with Gasteiger partial charge in [-0.3, -0.25) is 14.9 Å². The van der Waals surface area contributed by atoms with Gasteiger partial charge in [-0.05, 0) is 25.1 Å². The first-order chi connectivity index (χ1) is 12.1. The van der Waals surface area contributed by atoms with Crippen LogP contribution < -0.4 is 0 Å². The van der Waals surface area contributed by atoms with Crippen LogP contribution >= 0.6 is 0 Å². The van der Waals surface area contributed by atoms with Crippen molar-refractivity contribution in [2.45, 2.75) is 13.1 Å². The minimum atomic E-state index is -4.60. The predicted molar refractivity (Wildman–Crippen MR) is 83.9 cm³/mol. The average Bonchev–Trinajstić information content (AvgIpc) is 2.58. The molecule has 6 nitrogen and oxygen atoms in total. The number of benzene rings is 2. The summed E-state index contributed by atoms with van der Waals surface area (Å²) in [5.41, 5.74) is -1.35. The van der Waals surface area contributed by atoms with Crippen molar-refractivity contribution in [3.63, 3.8) is 0 Å². The molecule has 0 aliphatic rings. The highest BCUT2D eigenvalue weighted by Gasteiger charge is 2.31. The lowest BCUT2D eigenvalue weighted by Crippen LogP contribution is -2.15. The molecule has 2 aromatic carbocycles. The number of carbonyl (C=O) groups excluding carboxylic acids is 2. The van der Waals surface area contributed by atoms with Crippen LogP contribution in [0.4, 0.5) is 18.9 Å². The van der Waals surface area contributed by atoms with Crippen LogP contribution in [0.3, 0.4) is 0 Å². The van der Waals surface area contributed by atoms with E-state index in [1.54, 1.807) is 0 Å². The summed E-state index contributed by atoms with van der Waals surface area (Å²) in [6.07, 6.45) is -4.60. The molecule has 0 radical (unpaired) electrons. The Bertz CT molecular complexity index is 877. The van der Waals surface area contributed by atoms with Gasteiger partial charge in [-0.2, -0.15) is 13.2 Å². The van der Waals surface area contributed by atoms with Crippen molar-refractivity contribution in [1.29, 1.82) is 0 Å². The number of ketones is 1. The second-order valence-electron chi connectivity index (χ2n) is 5.34. The Labute approximate surface area is 145 Å². The number of rotatable bonds is 5. The van der Waals surface area contributed by atoms with Gasteiger partial charge in [-0.15, -0.1) is 0 Å². The van der Waals surface area contributed by atoms with E-state index in [2.05, 4.69) is 0 Å². The van der Waals surface area contributed by atoms with E-state index in [4.69, 9.17) is 4.74 Å². The maximum absolute atomic E-state index is 12.7. The van der Waals surface area contributed by atoms with Crippen LogP contribution in [-0.4, -0.2) is 23.3 Å². The fourth-order valence-corrected chi connectivity index (χ4v) is 2.10. The molecular weight excluding hydrogens is 355 g/mol. The van der Waals surface area contributed by atoms with Crippen LogP contribution in [0.15, 0.2) is 42.5 Å². The third-order valence-electron chi connectivity index (χ3n) is 3.49. The van der Waals surface area contributed by atoms with Crippen molar-refractivity contribution >= 4 is 17.4 Å². The lowest BCUT2D eigenvalue weighted by molar-refractivity contribution is -0.385. The zero-order valence-corrected chi connectivity index (χ0v) is 13.4. The van der Waals surface area contributed by atoms with Gasteiger partial charge in [0.25, 0.3) is 5.69 Å². The Kier molecular flexibility index (Phi) is 5.39. The number of nitro benzene ring substituents is 1. The van der Waals surface area contributed by atoms with Gasteiger partial charge >= 0.3 is 12.1 Å². The standard InChI is InChI=1S/C17H12F3NO5/c1-10-5-6-12(8-14(10)21(24)25)16(23)26-9-15(22)11-3-2-4-13(7-11)17(18,19)20/h2-8H,9H2,1H3. The highest BCUT2D eigenvalue weighted by atomic mass is 19.4. The van der Waals surface area contributed by atoms with Crippen LogP contribution in [0.25, 0.3) is 0 Å². The van der Waals surface area contributed by atoms with Crippen molar-refractivity contribution in [2.75, 3.05) is 6.61 Å². The van der Waals surface area contributed by atoms with Crippen molar-refractivity contribution in [3.8, 4) is 0 Å². The minimum absolute atomic E-state index is 0.140. The van der Waals surface area contributed by atoms with Gasteiger partial charge in [0.2, 0.25) is 0 Å². The van der Waals surface area contributed by atoms with E-state index in [0.717, 1.165) is 18.2 Å². The van der Waals surface area contributed by atoms with Crippen LogP contribution in [0.1, 0.15) is 31.8 Å². The number of halogens is 3. The number of Topliss-reactive ketones (excluding diaryl/α,β-unsaturated/α-hetero) is 1. The summed E-state index contributed by atoms with van der Waals surface area (Å²) < 4.78 is 42.7. The molecule has 0 amide bonds. The maximum atomic E-state index is 12.7. The Morgan fingerprint density at radius 3 is 2.42 bits per heavy atom. The van der Waals surface area contributed by atoms with Crippen molar-refractivity contribution < 1.29 is 32.4 Å². The van der Waals surface area contributed by atoms with E-state index in [0.29, 0.717) is 11.6 Å². The number of carbonyl (C=O) groups is 2. The molecule has 2 rings (SSSR count). The third kappa shape index (κ3) is 4.44. The molecule has 0 saturated heterocycles. The fourth-order valence-electron chi connectivity index (χ4n) is 2.10. The van der Waals surface area contributed by atoms with Gasteiger partial charge in [0.1, 0.15) is 0 Å². The summed E-state index contributed by atoms with van der Waals surface area (Å²) in [4.78, 5) is 34.1. The summed E-state index contributed by atoms with van der Waals surface area (Å²) in [6.45, 7) is 0.701. The molecule has 9 heteroatoms. The Morgan fingerprint density at radius 1 is 1.12 bits per heavy atom. The van der Waals surface area contributed by atoms with Gasteiger partial charge < -0.3 is 4.74 Å². The first-order valence-electron chi connectivity index (χ1n) is 7.22. The summed E-state index contributed by atoms with van der Waals surface area (Å²) in [7, 11) is 0. The number of aryl methyl sites for hydroxylation is 1. The first-order valence-corrected chi connectivity index (χ1v) is 7.22. The molecule has 0 aromatic heterocycles. The maximum Gasteiger partial charge on any atom is 0.416 e. The Morgan fingerprint density at radius 2 is 1.81 bits per heavy atom. The van der Waals surface area contributed by atoms with Crippen molar-refractivity contribution in [1.82, 2.24) is 0 Å². The normalized spacial score (nSPS) is 11.1. The number of ether oxygens (including phenoxy) is 1. The van der Waals surface area contributed by atoms with Crippen LogP contribution in [0.2, 0.25) is 0 Å². The largest absolute Gasteiger partial charge is 0.454 e. The molecule has 0 saturated carbocycles. The predicted octanol–water partition coefficient (Wildman–Crippen LogP) is 3.96. The summed E-state index contributed by atoms with van der Waals surface area (Å²) in [5, 5.41) is 10.9. The van der Waals surface area contributed by atoms with Gasteiger partial charge in [0.05, 0.1) is 16.1 Å². The van der Waals surface area contributed by atoms with Crippen molar-refractivity contribution in [2.24, 2.45) is 0 Å². The fraction of sp³-hybridized carbons (Fsp3) is 0.176. The SMILES string of the molecule is Cc1ccc(C(=O)OCC(=O)c2cccc(C(F)(F)F)c2)cc1[N+](=O)[O-]. The molecule has 0 heterocycles. The van der Waals surface area contributed by atoms with E-state index in [-0.39, 0.29) is 16.8 Å².